The number of halogens is 4. The smallest absolute Gasteiger partial charge is 0.287 e. The van der Waals surface area contributed by atoms with E-state index in [1.807, 2.05) is 0 Å². The molecule has 0 aromatic carbocycles. The van der Waals surface area contributed by atoms with Crippen molar-refractivity contribution in [2.75, 3.05) is 5.32 Å². The van der Waals surface area contributed by atoms with Gasteiger partial charge in [-0.3, -0.25) is 4.79 Å². The zero-order valence-corrected chi connectivity index (χ0v) is 16.2. The standard InChI is InChI=1S/C20H19F4N5O/c1-10(30)26-16-8-14-13(9-25-16)18(11-6-12(7-11)19(21)22)28-29(14)17-5-3-4-15(27-17)20(2,23)24/h3-5,8-9,11-12,19H,6-7H2,1-2H3,(H,25,26,30). The van der Waals surface area contributed by atoms with Crippen LogP contribution in [0.1, 0.15) is 44.0 Å². The fraction of sp³-hybridized carbons (Fsp3) is 0.400. The molecule has 0 aliphatic heterocycles. The molecule has 3 aromatic heterocycles. The highest BCUT2D eigenvalue weighted by Crippen LogP contribution is 2.46. The number of amides is 1. The first-order chi connectivity index (χ1) is 14.1. The molecule has 1 aliphatic rings. The van der Waals surface area contributed by atoms with E-state index in [0.717, 1.165) is 6.92 Å². The van der Waals surface area contributed by atoms with E-state index in [1.165, 1.54) is 36.0 Å². The van der Waals surface area contributed by atoms with Gasteiger partial charge in [0.15, 0.2) is 5.82 Å². The third-order valence-corrected chi connectivity index (χ3v) is 5.22. The first kappa shape index (κ1) is 20.2. The lowest BCUT2D eigenvalue weighted by Gasteiger charge is -2.33. The molecule has 6 nitrogen and oxygen atoms in total. The van der Waals surface area contributed by atoms with Gasteiger partial charge in [-0.15, -0.1) is 0 Å². The molecule has 1 amide bonds. The van der Waals surface area contributed by atoms with E-state index in [0.29, 0.717) is 16.6 Å². The Balaban J connectivity index is 1.82. The van der Waals surface area contributed by atoms with E-state index in [9.17, 15) is 22.4 Å². The molecule has 3 heterocycles. The first-order valence-electron chi connectivity index (χ1n) is 9.43. The van der Waals surface area contributed by atoms with Crippen LogP contribution in [0.4, 0.5) is 23.4 Å². The summed E-state index contributed by atoms with van der Waals surface area (Å²) in [6.07, 6.45) is -0.299. The lowest BCUT2D eigenvalue weighted by molar-refractivity contribution is -0.114. The number of hydrogen-bond acceptors (Lipinski definition) is 4. The number of hydrogen-bond donors (Lipinski definition) is 1. The monoisotopic (exact) mass is 421 g/mol. The zero-order chi connectivity index (χ0) is 21.6. The van der Waals surface area contributed by atoms with E-state index in [-0.39, 0.29) is 36.3 Å². The molecule has 1 aliphatic carbocycles. The molecule has 0 bridgehead atoms. The van der Waals surface area contributed by atoms with Crippen LogP contribution in [0.15, 0.2) is 30.5 Å². The van der Waals surface area contributed by atoms with Crippen molar-refractivity contribution in [3.05, 3.63) is 41.9 Å². The summed E-state index contributed by atoms with van der Waals surface area (Å²) in [6, 6.07) is 5.77. The van der Waals surface area contributed by atoms with Gasteiger partial charge in [-0.25, -0.2) is 23.4 Å². The number of fused-ring (bicyclic) bond motifs is 1. The molecule has 30 heavy (non-hydrogen) atoms. The Bertz CT molecular complexity index is 1100. The number of nitrogens with one attached hydrogen (secondary N) is 1. The second-order valence-electron chi connectivity index (χ2n) is 7.60. The molecule has 158 valence electrons. The number of rotatable bonds is 5. The summed E-state index contributed by atoms with van der Waals surface area (Å²) in [5.74, 6) is -3.89. The maximum atomic E-state index is 13.8. The van der Waals surface area contributed by atoms with Crippen molar-refractivity contribution >= 4 is 22.6 Å². The van der Waals surface area contributed by atoms with Crippen molar-refractivity contribution in [1.29, 1.82) is 0 Å². The molecule has 4 rings (SSSR count). The lowest BCUT2D eigenvalue weighted by atomic mass is 9.73. The molecule has 0 radical (unpaired) electrons. The van der Waals surface area contributed by atoms with Gasteiger partial charge in [-0.1, -0.05) is 6.07 Å². The summed E-state index contributed by atoms with van der Waals surface area (Å²) < 4.78 is 54.8. The van der Waals surface area contributed by atoms with Gasteiger partial charge in [-0.05, 0) is 25.0 Å². The molecule has 1 fully saturated rings. The Labute approximate surface area is 169 Å². The predicted octanol–water partition coefficient (Wildman–Crippen LogP) is 4.64. The van der Waals surface area contributed by atoms with Crippen molar-refractivity contribution in [3.8, 4) is 5.82 Å². The van der Waals surface area contributed by atoms with Gasteiger partial charge in [0.2, 0.25) is 12.3 Å². The fourth-order valence-electron chi connectivity index (χ4n) is 3.63. The first-order valence-corrected chi connectivity index (χ1v) is 9.43. The molecule has 0 unspecified atom stereocenters. The van der Waals surface area contributed by atoms with Crippen LogP contribution in [-0.4, -0.2) is 32.1 Å². The Morgan fingerprint density at radius 3 is 2.67 bits per heavy atom. The highest BCUT2D eigenvalue weighted by molar-refractivity contribution is 5.91. The maximum Gasteiger partial charge on any atom is 0.287 e. The second-order valence-corrected chi connectivity index (χ2v) is 7.60. The van der Waals surface area contributed by atoms with Gasteiger partial charge in [-0.2, -0.15) is 13.9 Å². The van der Waals surface area contributed by atoms with Crippen LogP contribution in [0.25, 0.3) is 16.7 Å². The summed E-state index contributed by atoms with van der Waals surface area (Å²) in [5, 5.41) is 7.71. The molecule has 1 N–H and O–H groups in total. The number of aromatic nitrogens is 4. The molecule has 1 saturated carbocycles. The Morgan fingerprint density at radius 1 is 1.30 bits per heavy atom. The van der Waals surface area contributed by atoms with Gasteiger partial charge in [0, 0.05) is 43.3 Å². The molecule has 0 spiro atoms. The average molecular weight is 421 g/mol. The Hall–Kier alpha value is -3.04. The van der Waals surface area contributed by atoms with Crippen molar-refractivity contribution in [2.45, 2.75) is 45.0 Å². The topological polar surface area (TPSA) is 72.7 Å². The fourth-order valence-corrected chi connectivity index (χ4v) is 3.63. The lowest BCUT2D eigenvalue weighted by Crippen LogP contribution is -2.28. The summed E-state index contributed by atoms with van der Waals surface area (Å²) in [5.41, 5.74) is 0.648. The van der Waals surface area contributed by atoms with Crippen LogP contribution in [-0.2, 0) is 10.7 Å². The highest BCUT2D eigenvalue weighted by Gasteiger charge is 2.39. The normalized spacial score (nSPS) is 19.2. The number of pyridine rings is 2. The van der Waals surface area contributed by atoms with E-state index >= 15 is 0 Å². The van der Waals surface area contributed by atoms with Crippen molar-refractivity contribution < 1.29 is 22.4 Å². The van der Waals surface area contributed by atoms with Crippen molar-refractivity contribution in [2.24, 2.45) is 5.92 Å². The summed E-state index contributed by atoms with van der Waals surface area (Å²) in [7, 11) is 0. The van der Waals surface area contributed by atoms with E-state index in [1.54, 1.807) is 6.07 Å². The van der Waals surface area contributed by atoms with Gasteiger partial charge >= 0.3 is 0 Å². The zero-order valence-electron chi connectivity index (χ0n) is 16.2. The van der Waals surface area contributed by atoms with Gasteiger partial charge in [0.05, 0.1) is 11.2 Å². The van der Waals surface area contributed by atoms with Crippen LogP contribution in [0.3, 0.4) is 0 Å². The Morgan fingerprint density at radius 2 is 2.03 bits per heavy atom. The number of carbonyl (C=O) groups excluding carboxylic acids is 1. The molecular formula is C20H19F4N5O. The van der Waals surface area contributed by atoms with Crippen LogP contribution >= 0.6 is 0 Å². The SMILES string of the molecule is CC(=O)Nc1cc2c(cn1)c(C1CC(C(F)F)C1)nn2-c1cccc(C(C)(F)F)n1. The second kappa shape index (κ2) is 7.33. The van der Waals surface area contributed by atoms with Gasteiger partial charge < -0.3 is 5.32 Å². The van der Waals surface area contributed by atoms with Crippen LogP contribution in [0.5, 0.6) is 0 Å². The Kier molecular flexibility index (Phi) is 4.95. The van der Waals surface area contributed by atoms with E-state index in [4.69, 9.17) is 0 Å². The van der Waals surface area contributed by atoms with Crippen molar-refractivity contribution in [1.82, 2.24) is 19.7 Å². The van der Waals surface area contributed by atoms with Gasteiger partial charge in [0.1, 0.15) is 11.5 Å². The maximum absolute atomic E-state index is 13.8. The molecule has 3 aromatic rings. The summed E-state index contributed by atoms with van der Waals surface area (Å²) in [6.45, 7) is 2.09. The van der Waals surface area contributed by atoms with Crippen LogP contribution < -0.4 is 5.32 Å². The van der Waals surface area contributed by atoms with Crippen LogP contribution in [0.2, 0.25) is 0 Å². The quantitative estimate of drug-likeness (QED) is 0.609. The van der Waals surface area contributed by atoms with E-state index in [2.05, 4.69) is 20.4 Å². The van der Waals surface area contributed by atoms with Gasteiger partial charge in [0.25, 0.3) is 5.92 Å². The highest BCUT2D eigenvalue weighted by atomic mass is 19.3. The number of alkyl halides is 4. The van der Waals surface area contributed by atoms with E-state index < -0.39 is 24.0 Å². The predicted molar refractivity (Wildman–Crippen MR) is 102 cm³/mol. The third kappa shape index (κ3) is 3.73. The summed E-state index contributed by atoms with van der Waals surface area (Å²) in [4.78, 5) is 19.6. The number of carbonyl (C=O) groups is 1. The molecule has 0 atom stereocenters. The molecule has 10 heteroatoms. The van der Waals surface area contributed by atoms with Crippen molar-refractivity contribution in [3.63, 3.8) is 0 Å². The number of anilines is 1. The minimum atomic E-state index is -3.14. The molecule has 0 saturated heterocycles. The third-order valence-electron chi connectivity index (χ3n) is 5.22. The molecular weight excluding hydrogens is 402 g/mol. The largest absolute Gasteiger partial charge is 0.311 e. The number of nitrogens with zero attached hydrogens (tertiary/aromatic N) is 4. The summed E-state index contributed by atoms with van der Waals surface area (Å²) >= 11 is 0. The van der Waals surface area contributed by atoms with Crippen LogP contribution in [0, 0.1) is 5.92 Å². The minimum Gasteiger partial charge on any atom is -0.311 e. The minimum absolute atomic E-state index is 0.162. The average Bonchev–Trinajstić information content (AvgIpc) is 2.98.